The Labute approximate surface area is 92.0 Å². The number of hydrogen-bond donors (Lipinski definition) is 0. The molecule has 0 aromatic carbocycles. The van der Waals surface area contributed by atoms with Gasteiger partial charge in [0, 0.05) is 6.20 Å². The maximum Gasteiger partial charge on any atom is 0.145 e. The van der Waals surface area contributed by atoms with E-state index in [4.69, 9.17) is 4.84 Å². The fourth-order valence-electron chi connectivity index (χ4n) is 1.23. The van der Waals surface area contributed by atoms with Gasteiger partial charge >= 0.3 is 0 Å². The van der Waals surface area contributed by atoms with Gasteiger partial charge in [-0.15, -0.1) is 11.3 Å². The van der Waals surface area contributed by atoms with Crippen molar-refractivity contribution in [3.05, 3.63) is 52.5 Å². The van der Waals surface area contributed by atoms with E-state index in [1.165, 1.54) is 7.11 Å². The van der Waals surface area contributed by atoms with E-state index in [0.29, 0.717) is 0 Å². The van der Waals surface area contributed by atoms with Crippen LogP contribution in [-0.2, 0) is 4.84 Å². The van der Waals surface area contributed by atoms with E-state index in [2.05, 4.69) is 10.1 Å². The Balaban J connectivity index is 2.42. The Hall–Kier alpha value is -1.68. The maximum atomic E-state index is 4.84. The van der Waals surface area contributed by atoms with Gasteiger partial charge in [0.05, 0.1) is 10.6 Å². The van der Waals surface area contributed by atoms with Crippen LogP contribution in [0.4, 0.5) is 0 Å². The van der Waals surface area contributed by atoms with E-state index in [1.807, 2.05) is 35.7 Å². The molecular weight excluding hydrogens is 208 g/mol. The highest BCUT2D eigenvalue weighted by molar-refractivity contribution is 7.12. The van der Waals surface area contributed by atoms with Crippen molar-refractivity contribution in [3.63, 3.8) is 0 Å². The van der Waals surface area contributed by atoms with Gasteiger partial charge in [-0.05, 0) is 23.6 Å². The first-order valence-corrected chi connectivity index (χ1v) is 5.36. The van der Waals surface area contributed by atoms with E-state index >= 15 is 0 Å². The van der Waals surface area contributed by atoms with Crippen molar-refractivity contribution in [2.24, 2.45) is 5.16 Å². The summed E-state index contributed by atoms with van der Waals surface area (Å²) in [6, 6.07) is 9.70. The maximum absolute atomic E-state index is 4.84. The third-order valence-corrected chi connectivity index (χ3v) is 2.72. The van der Waals surface area contributed by atoms with Gasteiger partial charge in [0.25, 0.3) is 0 Å². The lowest BCUT2D eigenvalue weighted by atomic mass is 10.2. The van der Waals surface area contributed by atoms with Crippen molar-refractivity contribution in [1.29, 1.82) is 0 Å². The molecule has 2 rings (SSSR count). The van der Waals surface area contributed by atoms with Crippen LogP contribution >= 0.6 is 11.3 Å². The Morgan fingerprint density at radius 3 is 2.87 bits per heavy atom. The normalized spacial score (nSPS) is 11.4. The van der Waals surface area contributed by atoms with Gasteiger partial charge in [0.1, 0.15) is 12.8 Å². The van der Waals surface area contributed by atoms with Crippen LogP contribution in [0.3, 0.4) is 0 Å². The number of thiophene rings is 1. The van der Waals surface area contributed by atoms with Crippen molar-refractivity contribution < 1.29 is 4.84 Å². The summed E-state index contributed by atoms with van der Waals surface area (Å²) in [7, 11) is 1.54. The Morgan fingerprint density at radius 2 is 2.27 bits per heavy atom. The molecule has 0 radical (unpaired) electrons. The molecule has 4 heteroatoms. The molecule has 0 amide bonds. The molecule has 0 aliphatic rings. The number of hydrogen-bond acceptors (Lipinski definition) is 4. The standard InChI is InChI=1S/C11H10N2OS/c1-14-13-11(10-6-4-8-15-10)9-5-2-3-7-12-9/h2-8H,1H3. The van der Waals surface area contributed by atoms with Gasteiger partial charge in [0.2, 0.25) is 0 Å². The largest absolute Gasteiger partial charge is 0.399 e. The molecule has 0 spiro atoms. The van der Waals surface area contributed by atoms with Crippen LogP contribution in [-0.4, -0.2) is 17.8 Å². The second-order valence-electron chi connectivity index (χ2n) is 2.81. The number of rotatable bonds is 3. The molecule has 2 aromatic rings. The molecule has 0 atom stereocenters. The van der Waals surface area contributed by atoms with Crippen LogP contribution < -0.4 is 0 Å². The quantitative estimate of drug-likeness (QED) is 0.586. The van der Waals surface area contributed by atoms with Gasteiger partial charge < -0.3 is 4.84 Å². The Morgan fingerprint density at radius 1 is 1.33 bits per heavy atom. The second-order valence-corrected chi connectivity index (χ2v) is 3.76. The first-order valence-electron chi connectivity index (χ1n) is 4.48. The van der Waals surface area contributed by atoms with Crippen LogP contribution in [0, 0.1) is 0 Å². The summed E-state index contributed by atoms with van der Waals surface area (Å²) in [5.74, 6) is 0. The Bertz CT molecular complexity index is 437. The van der Waals surface area contributed by atoms with Crippen LogP contribution in [0.5, 0.6) is 0 Å². The number of pyridine rings is 1. The molecular formula is C11H10N2OS. The minimum Gasteiger partial charge on any atom is -0.399 e. The van der Waals surface area contributed by atoms with E-state index in [9.17, 15) is 0 Å². The minimum atomic E-state index is 0.771. The molecule has 0 saturated heterocycles. The van der Waals surface area contributed by atoms with Gasteiger partial charge in [0.15, 0.2) is 0 Å². The number of oxime groups is 1. The molecule has 0 saturated carbocycles. The zero-order chi connectivity index (χ0) is 10.5. The lowest BCUT2D eigenvalue weighted by Crippen LogP contribution is -2.03. The summed E-state index contributed by atoms with van der Waals surface area (Å²) in [6.45, 7) is 0. The van der Waals surface area contributed by atoms with E-state index in [-0.39, 0.29) is 0 Å². The molecule has 0 bridgehead atoms. The van der Waals surface area contributed by atoms with E-state index in [1.54, 1.807) is 17.5 Å². The molecule has 15 heavy (non-hydrogen) atoms. The second kappa shape index (κ2) is 4.70. The SMILES string of the molecule is CON=C(c1ccccn1)c1cccs1. The van der Waals surface area contributed by atoms with Crippen LogP contribution in [0.25, 0.3) is 0 Å². The molecule has 76 valence electrons. The molecule has 0 aliphatic carbocycles. The van der Waals surface area contributed by atoms with Gasteiger partial charge in [-0.3, -0.25) is 4.98 Å². The zero-order valence-corrected chi connectivity index (χ0v) is 9.07. The van der Waals surface area contributed by atoms with Crippen LogP contribution in [0.15, 0.2) is 47.1 Å². The predicted octanol–water partition coefficient (Wildman–Crippen LogP) is 2.54. The van der Waals surface area contributed by atoms with Gasteiger partial charge in [-0.25, -0.2) is 0 Å². The fraction of sp³-hybridized carbons (Fsp3) is 0.0909. The highest BCUT2D eigenvalue weighted by atomic mass is 32.1. The summed E-state index contributed by atoms with van der Waals surface area (Å²) >= 11 is 1.62. The highest BCUT2D eigenvalue weighted by Crippen LogP contribution is 2.14. The number of aromatic nitrogens is 1. The fourth-order valence-corrected chi connectivity index (χ4v) is 1.94. The molecule has 2 aromatic heterocycles. The van der Waals surface area contributed by atoms with Crippen LogP contribution in [0.1, 0.15) is 10.6 Å². The average molecular weight is 218 g/mol. The summed E-state index contributed by atoms with van der Waals surface area (Å²) in [4.78, 5) is 10.1. The third-order valence-electron chi connectivity index (χ3n) is 1.84. The molecule has 0 fully saturated rings. The predicted molar refractivity (Wildman–Crippen MR) is 61.2 cm³/mol. The van der Waals surface area contributed by atoms with Gasteiger partial charge in [-0.1, -0.05) is 17.3 Å². The van der Waals surface area contributed by atoms with Crippen molar-refractivity contribution >= 4 is 17.0 Å². The van der Waals surface area contributed by atoms with E-state index in [0.717, 1.165) is 16.3 Å². The topological polar surface area (TPSA) is 34.5 Å². The number of nitrogens with zero attached hydrogens (tertiary/aromatic N) is 2. The molecule has 0 unspecified atom stereocenters. The van der Waals surface area contributed by atoms with Crippen molar-refractivity contribution in [1.82, 2.24) is 4.98 Å². The zero-order valence-electron chi connectivity index (χ0n) is 8.25. The monoisotopic (exact) mass is 218 g/mol. The molecule has 0 N–H and O–H groups in total. The van der Waals surface area contributed by atoms with Crippen LogP contribution in [0.2, 0.25) is 0 Å². The van der Waals surface area contributed by atoms with Gasteiger partial charge in [-0.2, -0.15) is 0 Å². The molecule has 0 aliphatic heterocycles. The summed E-state index contributed by atoms with van der Waals surface area (Å²) < 4.78 is 0. The first-order chi connectivity index (χ1) is 7.42. The molecule has 3 nitrogen and oxygen atoms in total. The Kier molecular flexibility index (Phi) is 3.09. The smallest absolute Gasteiger partial charge is 0.145 e. The summed E-state index contributed by atoms with van der Waals surface area (Å²) in [5.41, 5.74) is 1.59. The third kappa shape index (κ3) is 2.22. The summed E-state index contributed by atoms with van der Waals surface area (Å²) in [6.07, 6.45) is 1.74. The van der Waals surface area contributed by atoms with Crippen molar-refractivity contribution in [3.8, 4) is 0 Å². The lowest BCUT2D eigenvalue weighted by Gasteiger charge is -2.01. The first kappa shape index (κ1) is 9.86. The lowest BCUT2D eigenvalue weighted by molar-refractivity contribution is 0.214. The minimum absolute atomic E-state index is 0.771. The summed E-state index contributed by atoms with van der Waals surface area (Å²) in [5, 5.41) is 6.00. The van der Waals surface area contributed by atoms with E-state index < -0.39 is 0 Å². The van der Waals surface area contributed by atoms with Crippen molar-refractivity contribution in [2.75, 3.05) is 7.11 Å². The van der Waals surface area contributed by atoms with Crippen molar-refractivity contribution in [2.45, 2.75) is 0 Å². The average Bonchev–Trinajstić information content (AvgIpc) is 2.80. The molecule has 2 heterocycles. The highest BCUT2D eigenvalue weighted by Gasteiger charge is 2.09.